The first kappa shape index (κ1) is 13.9. The monoisotopic (exact) mass is 260 g/mol. The van der Waals surface area contributed by atoms with Crippen molar-refractivity contribution < 1.29 is 4.79 Å². The van der Waals surface area contributed by atoms with Crippen LogP contribution in [0.1, 0.15) is 60.9 Å². The van der Waals surface area contributed by atoms with Gasteiger partial charge >= 0.3 is 0 Å². The molecule has 2 rings (SSSR count). The molecule has 0 spiro atoms. The third-order valence-corrected chi connectivity index (χ3v) is 3.98. The Labute approximate surface area is 115 Å². The van der Waals surface area contributed by atoms with Crippen LogP contribution in [0.2, 0.25) is 0 Å². The van der Waals surface area contributed by atoms with Crippen LogP contribution < -0.4 is 11.1 Å². The average Bonchev–Trinajstić information content (AvgIpc) is 2.35. The number of amides is 1. The van der Waals surface area contributed by atoms with E-state index in [1.165, 1.54) is 32.1 Å². The number of carbonyl (C=O) groups excluding carboxylic acids is 1. The van der Waals surface area contributed by atoms with Crippen molar-refractivity contribution >= 4 is 11.6 Å². The third-order valence-electron chi connectivity index (χ3n) is 3.98. The molecule has 0 aromatic heterocycles. The second kappa shape index (κ2) is 6.60. The van der Waals surface area contributed by atoms with Crippen LogP contribution in [-0.2, 0) is 0 Å². The molecule has 19 heavy (non-hydrogen) atoms. The van der Waals surface area contributed by atoms with Crippen molar-refractivity contribution in [3.05, 3.63) is 29.3 Å². The number of aryl methyl sites for hydroxylation is 1. The third kappa shape index (κ3) is 3.98. The van der Waals surface area contributed by atoms with E-state index in [9.17, 15) is 4.79 Å². The van der Waals surface area contributed by atoms with Crippen LogP contribution in [0.25, 0.3) is 0 Å². The number of carbonyl (C=O) groups is 1. The van der Waals surface area contributed by atoms with Crippen molar-refractivity contribution in [2.24, 2.45) is 0 Å². The second-order valence-electron chi connectivity index (χ2n) is 5.59. The van der Waals surface area contributed by atoms with Crippen LogP contribution in [0.4, 0.5) is 5.69 Å². The highest BCUT2D eigenvalue weighted by Gasteiger charge is 2.15. The van der Waals surface area contributed by atoms with Crippen LogP contribution in [-0.4, -0.2) is 11.9 Å². The summed E-state index contributed by atoms with van der Waals surface area (Å²) in [5.74, 6) is 0.0114. The summed E-state index contributed by atoms with van der Waals surface area (Å²) >= 11 is 0. The van der Waals surface area contributed by atoms with Gasteiger partial charge in [-0.1, -0.05) is 38.2 Å². The number of hydrogen-bond acceptors (Lipinski definition) is 2. The SMILES string of the molecule is Cc1ccc(C(=O)NC2CCCCCCC2)cc1N. The molecule has 3 nitrogen and oxygen atoms in total. The normalized spacial score (nSPS) is 17.5. The van der Waals surface area contributed by atoms with Crippen LogP contribution in [0.5, 0.6) is 0 Å². The van der Waals surface area contributed by atoms with Gasteiger partial charge in [-0.2, -0.15) is 0 Å². The number of hydrogen-bond donors (Lipinski definition) is 2. The first-order chi connectivity index (χ1) is 9.16. The number of nitrogens with two attached hydrogens (primary N) is 1. The summed E-state index contributed by atoms with van der Waals surface area (Å²) in [6.07, 6.45) is 8.59. The number of anilines is 1. The minimum atomic E-state index is 0.0114. The van der Waals surface area contributed by atoms with Crippen molar-refractivity contribution in [2.75, 3.05) is 5.73 Å². The quantitative estimate of drug-likeness (QED) is 0.800. The molecule has 1 aliphatic rings. The summed E-state index contributed by atoms with van der Waals surface area (Å²) in [7, 11) is 0. The van der Waals surface area contributed by atoms with Crippen molar-refractivity contribution in [3.8, 4) is 0 Å². The Morgan fingerprint density at radius 1 is 1.16 bits per heavy atom. The molecule has 1 amide bonds. The molecule has 0 atom stereocenters. The van der Waals surface area contributed by atoms with E-state index in [0.717, 1.165) is 18.4 Å². The zero-order valence-electron chi connectivity index (χ0n) is 11.7. The van der Waals surface area contributed by atoms with Gasteiger partial charge in [-0.3, -0.25) is 4.79 Å². The highest BCUT2D eigenvalue weighted by Crippen LogP contribution is 2.18. The lowest BCUT2D eigenvalue weighted by Crippen LogP contribution is -2.35. The molecule has 0 radical (unpaired) electrons. The second-order valence-corrected chi connectivity index (χ2v) is 5.59. The maximum absolute atomic E-state index is 12.2. The summed E-state index contributed by atoms with van der Waals surface area (Å²) in [4.78, 5) is 12.2. The van der Waals surface area contributed by atoms with Crippen LogP contribution >= 0.6 is 0 Å². The van der Waals surface area contributed by atoms with Gasteiger partial charge < -0.3 is 11.1 Å². The van der Waals surface area contributed by atoms with Gasteiger partial charge in [0, 0.05) is 17.3 Å². The van der Waals surface area contributed by atoms with Gasteiger partial charge in [0.25, 0.3) is 5.91 Å². The van der Waals surface area contributed by atoms with Crippen LogP contribution in [0.15, 0.2) is 18.2 Å². The molecule has 1 fully saturated rings. The highest BCUT2D eigenvalue weighted by molar-refractivity contribution is 5.95. The molecule has 0 heterocycles. The molecular weight excluding hydrogens is 236 g/mol. The summed E-state index contributed by atoms with van der Waals surface area (Å²) in [6.45, 7) is 1.95. The molecule has 3 N–H and O–H groups in total. The Bertz CT molecular complexity index is 434. The summed E-state index contributed by atoms with van der Waals surface area (Å²) in [5, 5.41) is 3.16. The first-order valence-corrected chi connectivity index (χ1v) is 7.34. The molecule has 104 valence electrons. The van der Waals surface area contributed by atoms with Gasteiger partial charge in [0.2, 0.25) is 0 Å². The van der Waals surface area contributed by atoms with E-state index in [-0.39, 0.29) is 5.91 Å². The largest absolute Gasteiger partial charge is 0.398 e. The van der Waals surface area contributed by atoms with Gasteiger partial charge in [0.15, 0.2) is 0 Å². The Kier molecular flexibility index (Phi) is 4.83. The smallest absolute Gasteiger partial charge is 0.251 e. The highest BCUT2D eigenvalue weighted by atomic mass is 16.1. The molecule has 1 aromatic carbocycles. The lowest BCUT2D eigenvalue weighted by Gasteiger charge is -2.21. The fraction of sp³-hybridized carbons (Fsp3) is 0.562. The Morgan fingerprint density at radius 3 is 2.42 bits per heavy atom. The molecule has 0 unspecified atom stereocenters. The molecule has 1 aromatic rings. The number of benzene rings is 1. The molecule has 1 aliphatic carbocycles. The van der Waals surface area contributed by atoms with Crippen LogP contribution in [0, 0.1) is 6.92 Å². The van der Waals surface area contributed by atoms with E-state index in [0.29, 0.717) is 17.3 Å². The summed E-state index contributed by atoms with van der Waals surface area (Å²) < 4.78 is 0. The fourth-order valence-electron chi connectivity index (χ4n) is 2.65. The summed E-state index contributed by atoms with van der Waals surface area (Å²) in [6, 6.07) is 5.86. The molecular formula is C16H24N2O. The number of nitrogens with one attached hydrogen (secondary N) is 1. The topological polar surface area (TPSA) is 55.1 Å². The van der Waals surface area contributed by atoms with Gasteiger partial charge in [-0.15, -0.1) is 0 Å². The maximum atomic E-state index is 12.2. The fourth-order valence-corrected chi connectivity index (χ4v) is 2.65. The number of nitrogen functional groups attached to an aromatic ring is 1. The van der Waals surface area contributed by atoms with Gasteiger partial charge in [-0.05, 0) is 37.5 Å². The zero-order chi connectivity index (χ0) is 13.7. The Hall–Kier alpha value is -1.51. The standard InChI is InChI=1S/C16H24N2O/c1-12-9-10-13(11-15(12)17)16(19)18-14-7-5-3-2-4-6-8-14/h9-11,14H,2-8,17H2,1H3,(H,18,19). The van der Waals surface area contributed by atoms with E-state index in [4.69, 9.17) is 5.73 Å². The van der Waals surface area contributed by atoms with Crippen molar-refractivity contribution in [2.45, 2.75) is 57.9 Å². The predicted molar refractivity (Wildman–Crippen MR) is 79.2 cm³/mol. The van der Waals surface area contributed by atoms with E-state index >= 15 is 0 Å². The Balaban J connectivity index is 1.96. The van der Waals surface area contributed by atoms with Crippen molar-refractivity contribution in [3.63, 3.8) is 0 Å². The lowest BCUT2D eigenvalue weighted by atomic mass is 9.96. The molecule has 0 bridgehead atoms. The van der Waals surface area contributed by atoms with Crippen molar-refractivity contribution in [1.29, 1.82) is 0 Å². The van der Waals surface area contributed by atoms with E-state index < -0.39 is 0 Å². The molecule has 0 saturated heterocycles. The van der Waals surface area contributed by atoms with E-state index in [2.05, 4.69) is 5.32 Å². The molecule has 3 heteroatoms. The predicted octanol–water partition coefficient (Wildman–Crippen LogP) is 3.42. The molecule has 1 saturated carbocycles. The minimum absolute atomic E-state index is 0.0114. The van der Waals surface area contributed by atoms with Crippen LogP contribution in [0.3, 0.4) is 0 Å². The van der Waals surface area contributed by atoms with Gasteiger partial charge in [0.05, 0.1) is 0 Å². The first-order valence-electron chi connectivity index (χ1n) is 7.34. The number of rotatable bonds is 2. The van der Waals surface area contributed by atoms with Gasteiger partial charge in [-0.25, -0.2) is 0 Å². The lowest BCUT2D eigenvalue weighted by molar-refractivity contribution is 0.0930. The van der Waals surface area contributed by atoms with E-state index in [1.807, 2.05) is 19.1 Å². The van der Waals surface area contributed by atoms with E-state index in [1.54, 1.807) is 6.07 Å². The minimum Gasteiger partial charge on any atom is -0.398 e. The molecule has 0 aliphatic heterocycles. The van der Waals surface area contributed by atoms with Gasteiger partial charge in [0.1, 0.15) is 0 Å². The Morgan fingerprint density at radius 2 is 1.79 bits per heavy atom. The zero-order valence-corrected chi connectivity index (χ0v) is 11.7. The maximum Gasteiger partial charge on any atom is 0.251 e. The van der Waals surface area contributed by atoms with Crippen molar-refractivity contribution in [1.82, 2.24) is 5.32 Å². The summed E-state index contributed by atoms with van der Waals surface area (Å²) in [5.41, 5.74) is 8.23. The average molecular weight is 260 g/mol.